The molecule has 0 atom stereocenters. The molecule has 7 heteroatoms. The average molecular weight is 1020 g/mol. The van der Waals surface area contributed by atoms with Crippen LogP contribution in [0.5, 0.6) is 0 Å². The van der Waals surface area contributed by atoms with Crippen LogP contribution in [0.25, 0.3) is 66.9 Å². The van der Waals surface area contributed by atoms with Crippen LogP contribution in [-0.4, -0.2) is 40.2 Å². The molecule has 0 aliphatic heterocycles. The molecule has 14 aromatic rings. The molecule has 0 unspecified atom stereocenters. The summed E-state index contributed by atoms with van der Waals surface area (Å²) in [4.78, 5) is 15.4. The van der Waals surface area contributed by atoms with Crippen molar-refractivity contribution in [2.75, 3.05) is 0 Å². The fourth-order valence-electron chi connectivity index (χ4n) is 10.9. The van der Waals surface area contributed by atoms with Gasteiger partial charge in [-0.15, -0.1) is 0 Å². The molecule has 0 N–H and O–H groups in total. The maximum absolute atomic E-state index is 11.5. The van der Waals surface area contributed by atoms with Gasteiger partial charge in [-0.2, -0.15) is 15.0 Å². The number of hydrogen-bond acceptors (Lipinski definition) is 3. The predicted octanol–water partition coefficient (Wildman–Crippen LogP) is 10.5. The van der Waals surface area contributed by atoms with Crippen LogP contribution in [0, 0.1) is 0 Å². The van der Waals surface area contributed by atoms with E-state index in [9.17, 15) is 15.1 Å². The first kappa shape index (κ1) is 29.4. The Bertz CT molecular complexity index is 4860. The van der Waals surface area contributed by atoms with Crippen LogP contribution >= 0.6 is 0 Å². The van der Waals surface area contributed by atoms with Gasteiger partial charge in [0.2, 0.25) is 11.9 Å². The summed E-state index contributed by atoms with van der Waals surface area (Å²) in [7, 11) is -8.45. The van der Waals surface area contributed by atoms with E-state index < -0.39 is 165 Å². The van der Waals surface area contributed by atoms with Gasteiger partial charge in [-0.05, 0) is 65.7 Å². The molecule has 3 heterocycles. The van der Waals surface area contributed by atoms with E-state index in [-0.39, 0.29) is 43.5 Å². The molecule has 358 valence electrons. The van der Waals surface area contributed by atoms with Crippen molar-refractivity contribution >= 4 is 101 Å². The van der Waals surface area contributed by atoms with E-state index in [1.807, 2.05) is 182 Å². The standard InChI is InChI=1S/C69H49N5Si2/c1-7-27-51(28-8-1)75(52-29-9-2-10-30-52,53-31-11-3-12-32-53)57-47-50(48-58(49-57)76(54-33-13-4-14-34-54,55-35-15-5-16-36-55)56-37-17-6-18-38-56)67-70-68(73-63-43-23-19-39-59(63)60-40-20-24-44-64(60)73)72-69(71-67)74-65-45-25-21-41-61(65)62-42-22-26-46-66(62)74/h1-49H/i19D,20D,21D,22D,23D,24D,25D,26D,39D,40D,41D,42D,43D,44D,45D,46D,47D,48D,49D. The van der Waals surface area contributed by atoms with Gasteiger partial charge in [-0.3, -0.25) is 9.13 Å². The summed E-state index contributed by atoms with van der Waals surface area (Å²) in [6, 6.07) is 44.1. The Morgan fingerprint density at radius 1 is 0.276 bits per heavy atom. The van der Waals surface area contributed by atoms with Crippen molar-refractivity contribution < 1.29 is 26.0 Å². The van der Waals surface area contributed by atoms with E-state index in [2.05, 4.69) is 0 Å². The van der Waals surface area contributed by atoms with Crippen molar-refractivity contribution in [2.45, 2.75) is 0 Å². The Morgan fingerprint density at radius 2 is 0.526 bits per heavy atom. The smallest absolute Gasteiger partial charge is 0.240 e. The minimum atomic E-state index is -4.22. The van der Waals surface area contributed by atoms with Crippen LogP contribution in [0.4, 0.5) is 0 Å². The lowest BCUT2D eigenvalue weighted by atomic mass is 10.2. The van der Waals surface area contributed by atoms with E-state index in [1.165, 1.54) is 0 Å². The van der Waals surface area contributed by atoms with E-state index in [0.717, 1.165) is 40.3 Å². The molecule has 5 nitrogen and oxygen atoms in total. The zero-order valence-electron chi connectivity index (χ0n) is 59.1. The van der Waals surface area contributed by atoms with E-state index in [4.69, 9.17) is 25.9 Å². The summed E-state index contributed by atoms with van der Waals surface area (Å²) in [5.41, 5.74) is -2.19. The van der Waals surface area contributed by atoms with Gasteiger partial charge < -0.3 is 0 Å². The Kier molecular flexibility index (Phi) is 7.25. The number of benzene rings is 11. The summed E-state index contributed by atoms with van der Waals surface area (Å²) in [5.74, 6) is -1.96. The van der Waals surface area contributed by atoms with Gasteiger partial charge in [-0.25, -0.2) is 0 Å². The number of fused-ring (bicyclic) bond motifs is 6. The molecule has 0 amide bonds. The van der Waals surface area contributed by atoms with E-state index in [1.54, 1.807) is 0 Å². The molecule has 3 aromatic heterocycles. The van der Waals surface area contributed by atoms with E-state index in [0.29, 0.717) is 0 Å². The van der Waals surface area contributed by atoms with Crippen molar-refractivity contribution in [3.05, 3.63) is 297 Å². The van der Waals surface area contributed by atoms with Crippen molar-refractivity contribution in [3.8, 4) is 23.3 Å². The van der Waals surface area contributed by atoms with Gasteiger partial charge in [0.1, 0.15) is 0 Å². The van der Waals surface area contributed by atoms with Gasteiger partial charge >= 0.3 is 0 Å². The molecule has 0 radical (unpaired) electrons. The average Bonchev–Trinajstić information content (AvgIpc) is 1.16. The highest BCUT2D eigenvalue weighted by atomic mass is 28.3. The highest BCUT2D eigenvalue weighted by Crippen LogP contribution is 2.34. The highest BCUT2D eigenvalue weighted by molar-refractivity contribution is 7.22. The predicted molar refractivity (Wildman–Crippen MR) is 321 cm³/mol. The topological polar surface area (TPSA) is 48.5 Å². The fraction of sp³-hybridized carbons (Fsp3) is 0. The van der Waals surface area contributed by atoms with Gasteiger partial charge in [0.15, 0.2) is 22.0 Å². The first-order chi connectivity index (χ1) is 45.6. The first-order valence-corrected chi connectivity index (χ1v) is 28.4. The van der Waals surface area contributed by atoms with Crippen LogP contribution in [0.2, 0.25) is 0 Å². The largest absolute Gasteiger partial charge is 0.278 e. The molecule has 11 aromatic carbocycles. The number of aromatic nitrogens is 5. The van der Waals surface area contributed by atoms with Crippen LogP contribution in [0.1, 0.15) is 26.0 Å². The quantitative estimate of drug-likeness (QED) is 0.0958. The zero-order chi connectivity index (χ0) is 67.0. The Balaban J connectivity index is 1.30. The van der Waals surface area contributed by atoms with Crippen LogP contribution in [-0.2, 0) is 0 Å². The lowest BCUT2D eigenvalue weighted by Gasteiger charge is -2.38. The molecule has 76 heavy (non-hydrogen) atoms. The maximum Gasteiger partial charge on any atom is 0.240 e. The van der Waals surface area contributed by atoms with Gasteiger partial charge in [0, 0.05) is 27.1 Å². The minimum Gasteiger partial charge on any atom is -0.278 e. The van der Waals surface area contributed by atoms with Crippen LogP contribution in [0.3, 0.4) is 0 Å². The highest BCUT2D eigenvalue weighted by Gasteiger charge is 2.46. The Morgan fingerprint density at radius 3 is 0.789 bits per heavy atom. The monoisotopic (exact) mass is 1020 g/mol. The Labute approximate surface area is 470 Å². The third-order valence-electron chi connectivity index (χ3n) is 14.0. The fourth-order valence-corrected chi connectivity index (χ4v) is 20.1. The summed E-state index contributed by atoms with van der Waals surface area (Å²) < 4.78 is 184. The third kappa shape index (κ3) is 7.16. The molecule has 0 saturated heterocycles. The second-order valence-electron chi connectivity index (χ2n) is 18.0. The molecule has 0 spiro atoms. The summed E-state index contributed by atoms with van der Waals surface area (Å²) in [6.45, 7) is 0. The minimum absolute atomic E-state index is 0.158. The molecule has 14 rings (SSSR count). The third-order valence-corrected chi connectivity index (χ3v) is 23.2. The first-order valence-electron chi connectivity index (χ1n) is 33.9. The molecule has 0 aliphatic carbocycles. The molecule has 0 fully saturated rings. The lowest BCUT2D eigenvalue weighted by Crippen LogP contribution is -2.78. The SMILES string of the molecule is [2H]c1c(-c2nc(-n3c4c([2H])c([2H])c([2H])c([2H])c4c4c([2H])c([2H])c([2H])c([2H])c43)nc(-n3c4c([2H])c([2H])c([2H])c([2H])c4c4c([2H])c([2H])c([2H])c([2H])c43)n2)c([2H])c([Si](c2ccccc2)(c2ccccc2)c2ccccc2)c([2H])c1[Si](c1ccccc1)(c1ccccc1)c1ccccc1. The number of nitrogens with zero attached hydrogens (tertiary/aromatic N) is 5. The Hall–Kier alpha value is -9.54. The second-order valence-corrected chi connectivity index (χ2v) is 25.5. The van der Waals surface area contributed by atoms with Crippen molar-refractivity contribution in [3.63, 3.8) is 0 Å². The second kappa shape index (κ2) is 18.7. The van der Waals surface area contributed by atoms with Crippen molar-refractivity contribution in [2.24, 2.45) is 0 Å². The molecular formula is C69H49N5Si2. The zero-order valence-corrected chi connectivity index (χ0v) is 42.1. The maximum atomic E-state index is 11.5. The van der Waals surface area contributed by atoms with Crippen molar-refractivity contribution in [1.82, 2.24) is 24.1 Å². The van der Waals surface area contributed by atoms with Gasteiger partial charge in [0.25, 0.3) is 0 Å². The lowest BCUT2D eigenvalue weighted by molar-refractivity contribution is 0.893. The molecular weight excluding hydrogens is 955 g/mol. The van der Waals surface area contributed by atoms with Crippen LogP contribution < -0.4 is 41.5 Å². The summed E-state index contributed by atoms with van der Waals surface area (Å²) in [5, 5.41) is 3.15. The molecule has 0 bridgehead atoms. The molecule has 0 aliphatic rings. The summed E-state index contributed by atoms with van der Waals surface area (Å²) >= 11 is 0. The van der Waals surface area contributed by atoms with E-state index >= 15 is 0 Å². The normalized spacial score (nSPS) is 15.4. The van der Waals surface area contributed by atoms with Gasteiger partial charge in [0.05, 0.1) is 48.1 Å². The number of para-hydroxylation sites is 4. The molecule has 0 saturated carbocycles. The van der Waals surface area contributed by atoms with Crippen LogP contribution in [0.15, 0.2) is 297 Å². The number of hydrogen-bond donors (Lipinski definition) is 0. The summed E-state index contributed by atoms with van der Waals surface area (Å²) in [6.07, 6.45) is 0. The van der Waals surface area contributed by atoms with Gasteiger partial charge in [-0.1, -0.05) is 273 Å². The number of rotatable bonds is 11. The van der Waals surface area contributed by atoms with Crippen molar-refractivity contribution in [1.29, 1.82) is 0 Å².